The van der Waals surface area contributed by atoms with Gasteiger partial charge < -0.3 is 14.2 Å². The summed E-state index contributed by atoms with van der Waals surface area (Å²) in [4.78, 5) is 24.8. The Kier molecular flexibility index (Phi) is 8.06. The fourth-order valence-electron chi connectivity index (χ4n) is 3.10. The van der Waals surface area contributed by atoms with E-state index < -0.39 is 5.97 Å². The van der Waals surface area contributed by atoms with Crippen molar-refractivity contribution in [2.24, 2.45) is 5.10 Å². The molecule has 9 nitrogen and oxygen atoms in total. The van der Waals surface area contributed by atoms with Gasteiger partial charge in [0.2, 0.25) is 0 Å². The quantitative estimate of drug-likeness (QED) is 0.205. The largest absolute Gasteiger partial charge is 0.497 e. The van der Waals surface area contributed by atoms with Crippen LogP contribution in [0.5, 0.6) is 17.2 Å². The molecule has 34 heavy (non-hydrogen) atoms. The van der Waals surface area contributed by atoms with Crippen LogP contribution in [0.2, 0.25) is 0 Å². The molecule has 0 bridgehead atoms. The zero-order valence-corrected chi connectivity index (χ0v) is 21.1. The number of hydrogen-bond acceptors (Lipinski definition) is 7. The zero-order chi connectivity index (χ0) is 24.8. The van der Waals surface area contributed by atoms with Crippen LogP contribution in [0.3, 0.4) is 0 Å². The number of rotatable bonds is 8. The van der Waals surface area contributed by atoms with E-state index in [4.69, 9.17) is 14.2 Å². The molecule has 1 aromatic heterocycles. The van der Waals surface area contributed by atoms with Crippen LogP contribution in [0.4, 0.5) is 0 Å². The van der Waals surface area contributed by atoms with E-state index in [1.807, 2.05) is 13.8 Å². The first-order valence-corrected chi connectivity index (χ1v) is 11.1. The molecule has 0 atom stereocenters. The van der Waals surface area contributed by atoms with Crippen LogP contribution in [-0.2, 0) is 11.3 Å². The minimum atomic E-state index is -0.543. The first-order valence-electron chi connectivity index (χ1n) is 10.3. The summed E-state index contributed by atoms with van der Waals surface area (Å²) in [6, 6.07) is 11.7. The summed E-state index contributed by atoms with van der Waals surface area (Å²) in [5, 5.41) is 8.49. The summed E-state index contributed by atoms with van der Waals surface area (Å²) in [7, 11) is 3.00. The summed E-state index contributed by atoms with van der Waals surface area (Å²) < 4.78 is 18.5. The van der Waals surface area contributed by atoms with Crippen molar-refractivity contribution in [2.75, 3.05) is 14.2 Å². The van der Waals surface area contributed by atoms with Gasteiger partial charge >= 0.3 is 5.97 Å². The number of carbonyl (C=O) groups is 2. The van der Waals surface area contributed by atoms with Crippen molar-refractivity contribution in [2.45, 2.75) is 27.3 Å². The van der Waals surface area contributed by atoms with E-state index in [9.17, 15) is 9.59 Å². The molecule has 1 amide bonds. The molecule has 0 unspecified atom stereocenters. The van der Waals surface area contributed by atoms with Gasteiger partial charge in [0.25, 0.3) is 5.91 Å². The van der Waals surface area contributed by atoms with Crippen LogP contribution < -0.4 is 19.6 Å². The van der Waals surface area contributed by atoms with Crippen molar-refractivity contribution < 1.29 is 23.8 Å². The predicted octanol–water partition coefficient (Wildman–Crippen LogP) is 4.04. The fourth-order valence-corrected chi connectivity index (χ4v) is 3.38. The molecule has 0 saturated heterocycles. The second-order valence-electron chi connectivity index (χ2n) is 7.36. The number of aromatic nitrogens is 2. The van der Waals surface area contributed by atoms with Gasteiger partial charge in [-0.25, -0.2) is 10.2 Å². The molecular formula is C24H25BrN4O5. The summed E-state index contributed by atoms with van der Waals surface area (Å²) in [6.07, 6.45) is 0. The molecule has 3 aromatic rings. The van der Waals surface area contributed by atoms with Crippen molar-refractivity contribution in [1.29, 1.82) is 0 Å². The number of nitrogens with one attached hydrogen (secondary N) is 1. The van der Waals surface area contributed by atoms with Crippen LogP contribution in [0.1, 0.15) is 34.2 Å². The van der Waals surface area contributed by atoms with Crippen LogP contribution in [0.25, 0.3) is 0 Å². The SMILES string of the molecule is COc1cccc(C(=O)Oc2ccc(/C(C)=N/NC(=O)Cn3nc(C)c(Br)c3C)cc2OC)c1. The van der Waals surface area contributed by atoms with Gasteiger partial charge in [-0.1, -0.05) is 6.07 Å². The highest BCUT2D eigenvalue weighted by Crippen LogP contribution is 2.29. The fraction of sp³-hybridized carbons (Fsp3) is 0.250. The Morgan fingerprint density at radius 2 is 1.82 bits per heavy atom. The monoisotopic (exact) mass is 528 g/mol. The topological polar surface area (TPSA) is 104 Å². The van der Waals surface area contributed by atoms with E-state index in [1.54, 1.807) is 54.1 Å². The summed E-state index contributed by atoms with van der Waals surface area (Å²) >= 11 is 3.45. The lowest BCUT2D eigenvalue weighted by Crippen LogP contribution is -2.25. The van der Waals surface area contributed by atoms with Crippen LogP contribution in [-0.4, -0.2) is 41.6 Å². The molecule has 1 N–H and O–H groups in total. The number of amides is 1. The highest BCUT2D eigenvalue weighted by atomic mass is 79.9. The summed E-state index contributed by atoms with van der Waals surface area (Å²) in [5.41, 5.74) is 5.79. The number of esters is 1. The van der Waals surface area contributed by atoms with Gasteiger partial charge in [0.05, 0.1) is 41.4 Å². The smallest absolute Gasteiger partial charge is 0.343 e. The Bertz CT molecular complexity index is 1250. The first-order chi connectivity index (χ1) is 16.2. The number of hydrazone groups is 1. The minimum Gasteiger partial charge on any atom is -0.497 e. The third kappa shape index (κ3) is 5.82. The van der Waals surface area contributed by atoms with Crippen molar-refractivity contribution in [3.8, 4) is 17.2 Å². The molecule has 1 heterocycles. The van der Waals surface area contributed by atoms with E-state index in [0.29, 0.717) is 28.3 Å². The Balaban J connectivity index is 1.69. The Hall–Kier alpha value is -3.66. The average Bonchev–Trinajstić information content (AvgIpc) is 3.08. The maximum absolute atomic E-state index is 12.5. The predicted molar refractivity (Wildman–Crippen MR) is 131 cm³/mol. The lowest BCUT2D eigenvalue weighted by atomic mass is 10.1. The number of ether oxygens (including phenoxy) is 3. The molecule has 0 fully saturated rings. The van der Waals surface area contributed by atoms with Crippen molar-refractivity contribution in [3.63, 3.8) is 0 Å². The van der Waals surface area contributed by atoms with Crippen molar-refractivity contribution in [1.82, 2.24) is 15.2 Å². The molecule has 0 spiro atoms. The molecule has 2 aromatic carbocycles. The van der Waals surface area contributed by atoms with Gasteiger partial charge in [-0.05, 0) is 73.1 Å². The van der Waals surface area contributed by atoms with Gasteiger partial charge in [-0.15, -0.1) is 0 Å². The van der Waals surface area contributed by atoms with Gasteiger partial charge in [-0.3, -0.25) is 9.48 Å². The van der Waals surface area contributed by atoms with Crippen LogP contribution >= 0.6 is 15.9 Å². The lowest BCUT2D eigenvalue weighted by molar-refractivity contribution is -0.121. The molecular weight excluding hydrogens is 504 g/mol. The molecule has 0 saturated carbocycles. The molecule has 0 aliphatic heterocycles. The molecule has 3 rings (SSSR count). The number of methoxy groups -OCH3 is 2. The van der Waals surface area contributed by atoms with E-state index in [-0.39, 0.29) is 18.2 Å². The van der Waals surface area contributed by atoms with Gasteiger partial charge in [0, 0.05) is 5.56 Å². The Morgan fingerprint density at radius 3 is 2.47 bits per heavy atom. The second kappa shape index (κ2) is 11.0. The van der Waals surface area contributed by atoms with E-state index in [1.165, 1.54) is 14.2 Å². The molecule has 10 heteroatoms. The van der Waals surface area contributed by atoms with Gasteiger partial charge in [0.1, 0.15) is 12.3 Å². The number of nitrogens with zero attached hydrogens (tertiary/aromatic N) is 3. The Morgan fingerprint density at radius 1 is 1.06 bits per heavy atom. The number of aryl methyl sites for hydroxylation is 1. The normalized spacial score (nSPS) is 11.2. The number of halogens is 1. The number of hydrogen-bond donors (Lipinski definition) is 1. The first kappa shape index (κ1) is 25.0. The Labute approximate surface area is 205 Å². The van der Waals surface area contributed by atoms with Crippen molar-refractivity contribution >= 4 is 33.5 Å². The zero-order valence-electron chi connectivity index (χ0n) is 19.5. The van der Waals surface area contributed by atoms with E-state index in [2.05, 4.69) is 31.6 Å². The van der Waals surface area contributed by atoms with E-state index >= 15 is 0 Å². The van der Waals surface area contributed by atoms with Gasteiger partial charge in [0.15, 0.2) is 11.5 Å². The van der Waals surface area contributed by atoms with E-state index in [0.717, 1.165) is 15.9 Å². The third-order valence-corrected chi connectivity index (χ3v) is 6.17. The standard InChI is InChI=1S/C24H25BrN4O5/c1-14(26-27-22(30)13-29-16(3)23(25)15(2)28-29)17-9-10-20(21(12-17)33-5)34-24(31)18-7-6-8-19(11-18)32-4/h6-12H,13H2,1-5H3,(H,27,30)/b26-14+. The van der Waals surface area contributed by atoms with Crippen molar-refractivity contribution in [3.05, 3.63) is 69.5 Å². The second-order valence-corrected chi connectivity index (χ2v) is 8.15. The maximum atomic E-state index is 12.5. The lowest BCUT2D eigenvalue weighted by Gasteiger charge is -2.11. The summed E-state index contributed by atoms with van der Waals surface area (Å²) in [5.74, 6) is 0.302. The average molecular weight is 529 g/mol. The summed E-state index contributed by atoms with van der Waals surface area (Å²) in [6.45, 7) is 5.52. The highest BCUT2D eigenvalue weighted by molar-refractivity contribution is 9.10. The van der Waals surface area contributed by atoms with Crippen LogP contribution in [0, 0.1) is 13.8 Å². The highest BCUT2D eigenvalue weighted by Gasteiger charge is 2.15. The van der Waals surface area contributed by atoms with Gasteiger partial charge in [-0.2, -0.15) is 10.2 Å². The number of carbonyl (C=O) groups excluding carboxylic acids is 2. The minimum absolute atomic E-state index is 0.0392. The molecule has 0 radical (unpaired) electrons. The number of benzene rings is 2. The maximum Gasteiger partial charge on any atom is 0.343 e. The third-order valence-electron chi connectivity index (χ3n) is 5.02. The molecule has 0 aliphatic carbocycles. The van der Waals surface area contributed by atoms with Crippen LogP contribution in [0.15, 0.2) is 52.0 Å². The molecule has 0 aliphatic rings. The molecule has 178 valence electrons.